The predicted molar refractivity (Wildman–Crippen MR) is 104 cm³/mol. The number of nitrogens with zero attached hydrogens (tertiary/aromatic N) is 5. The van der Waals surface area contributed by atoms with Gasteiger partial charge in [-0.1, -0.05) is 23.9 Å². The maximum Gasteiger partial charge on any atom is 0.214 e. The molecule has 0 aliphatic carbocycles. The fraction of sp³-hybridized carbons (Fsp3) is 0.176. The molecule has 0 saturated heterocycles. The van der Waals surface area contributed by atoms with Crippen LogP contribution in [0, 0.1) is 13.8 Å². The maximum atomic E-state index is 4.71. The number of aromatic nitrogens is 5. The lowest BCUT2D eigenvalue weighted by molar-refractivity contribution is 0.751. The summed E-state index contributed by atoms with van der Waals surface area (Å²) >= 11 is 4.96. The molecule has 25 heavy (non-hydrogen) atoms. The third kappa shape index (κ3) is 3.37. The second-order valence-electron chi connectivity index (χ2n) is 5.54. The first-order valence-electron chi connectivity index (χ1n) is 7.67. The van der Waals surface area contributed by atoms with E-state index in [0.29, 0.717) is 0 Å². The van der Waals surface area contributed by atoms with Crippen LogP contribution < -0.4 is 0 Å². The average molecular weight is 386 g/mol. The van der Waals surface area contributed by atoms with Gasteiger partial charge >= 0.3 is 0 Å². The van der Waals surface area contributed by atoms with E-state index >= 15 is 0 Å². The number of hydrogen-bond acceptors (Lipinski definition) is 7. The molecule has 0 radical (unpaired) electrons. The summed E-state index contributed by atoms with van der Waals surface area (Å²) in [5.41, 5.74) is 5.66. The van der Waals surface area contributed by atoms with Crippen LogP contribution in [0.15, 0.2) is 45.6 Å². The molecule has 0 N–H and O–H groups in total. The van der Waals surface area contributed by atoms with Gasteiger partial charge in [0.05, 0.1) is 11.4 Å². The molecule has 3 aromatic heterocycles. The van der Waals surface area contributed by atoms with Crippen molar-refractivity contribution in [3.8, 4) is 16.3 Å². The summed E-state index contributed by atoms with van der Waals surface area (Å²) < 4.78 is 1.80. The van der Waals surface area contributed by atoms with Crippen LogP contribution in [0.4, 0.5) is 0 Å². The predicted octanol–water partition coefficient (Wildman–Crippen LogP) is 4.76. The van der Waals surface area contributed by atoms with E-state index in [1.807, 2.05) is 12.1 Å². The van der Waals surface area contributed by atoms with Crippen LogP contribution in [0.2, 0.25) is 0 Å². The number of thiophene rings is 1. The summed E-state index contributed by atoms with van der Waals surface area (Å²) in [6, 6.07) is 8.26. The topological polar surface area (TPSA) is 56.5 Å². The molecule has 0 amide bonds. The normalized spacial score (nSPS) is 11.1. The SMILES string of the molecule is Cc1cccc(-n2nnnc2SCc2csc(-c3ccsc3)n2)c1C. The van der Waals surface area contributed by atoms with Crippen LogP contribution in [0.1, 0.15) is 16.8 Å². The lowest BCUT2D eigenvalue weighted by Crippen LogP contribution is -2.02. The molecule has 8 heteroatoms. The second-order valence-corrected chi connectivity index (χ2v) is 8.12. The zero-order valence-electron chi connectivity index (χ0n) is 13.7. The van der Waals surface area contributed by atoms with Gasteiger partial charge in [0.25, 0.3) is 0 Å². The molecule has 0 spiro atoms. The smallest absolute Gasteiger partial charge is 0.214 e. The van der Waals surface area contributed by atoms with E-state index in [2.05, 4.69) is 57.6 Å². The van der Waals surface area contributed by atoms with Crippen LogP contribution in [0.25, 0.3) is 16.3 Å². The summed E-state index contributed by atoms with van der Waals surface area (Å²) in [7, 11) is 0. The van der Waals surface area contributed by atoms with E-state index in [9.17, 15) is 0 Å². The van der Waals surface area contributed by atoms with Crippen molar-refractivity contribution >= 4 is 34.4 Å². The Morgan fingerprint density at radius 3 is 2.92 bits per heavy atom. The molecule has 0 unspecified atom stereocenters. The Morgan fingerprint density at radius 1 is 1.16 bits per heavy atom. The van der Waals surface area contributed by atoms with Crippen LogP contribution in [0.3, 0.4) is 0 Å². The highest BCUT2D eigenvalue weighted by atomic mass is 32.2. The Bertz CT molecular complexity index is 988. The Kier molecular flexibility index (Phi) is 4.65. The van der Waals surface area contributed by atoms with E-state index in [1.54, 1.807) is 39.1 Å². The third-order valence-electron chi connectivity index (χ3n) is 3.91. The number of tetrazole rings is 1. The monoisotopic (exact) mass is 385 g/mol. The standard InChI is InChI=1S/C17H15N5S3/c1-11-4-3-5-15(12(11)2)22-17(19-20-21-22)25-10-14-9-24-16(18-14)13-6-7-23-8-13/h3-9H,10H2,1-2H3. The van der Waals surface area contributed by atoms with Crippen molar-refractivity contribution in [1.29, 1.82) is 0 Å². The maximum absolute atomic E-state index is 4.71. The van der Waals surface area contributed by atoms with Gasteiger partial charge in [0, 0.05) is 22.1 Å². The fourth-order valence-corrected chi connectivity index (χ4v) is 4.83. The zero-order chi connectivity index (χ0) is 17.2. The second kappa shape index (κ2) is 7.07. The molecule has 4 rings (SSSR count). The molecule has 0 fully saturated rings. The van der Waals surface area contributed by atoms with Crippen molar-refractivity contribution in [2.75, 3.05) is 0 Å². The number of aryl methyl sites for hydroxylation is 1. The molecule has 0 aliphatic rings. The fourth-order valence-electron chi connectivity index (χ4n) is 2.42. The largest absolute Gasteiger partial charge is 0.240 e. The van der Waals surface area contributed by atoms with E-state index in [1.165, 1.54) is 16.7 Å². The first kappa shape index (κ1) is 16.4. The number of hydrogen-bond donors (Lipinski definition) is 0. The molecule has 3 heterocycles. The van der Waals surface area contributed by atoms with Gasteiger partial charge in [-0.3, -0.25) is 0 Å². The number of thioether (sulfide) groups is 1. The highest BCUT2D eigenvalue weighted by molar-refractivity contribution is 7.98. The minimum absolute atomic E-state index is 0.742. The summed E-state index contributed by atoms with van der Waals surface area (Å²) in [4.78, 5) is 4.71. The summed E-state index contributed by atoms with van der Waals surface area (Å²) in [6.07, 6.45) is 0. The Labute approximate surface area is 157 Å². The number of thiazole rings is 1. The van der Waals surface area contributed by atoms with E-state index < -0.39 is 0 Å². The van der Waals surface area contributed by atoms with Crippen molar-refractivity contribution in [1.82, 2.24) is 25.2 Å². The van der Waals surface area contributed by atoms with Gasteiger partial charge < -0.3 is 0 Å². The highest BCUT2D eigenvalue weighted by Gasteiger charge is 2.13. The van der Waals surface area contributed by atoms with Gasteiger partial charge in [0.2, 0.25) is 5.16 Å². The summed E-state index contributed by atoms with van der Waals surface area (Å²) in [6.45, 7) is 4.19. The molecule has 4 aromatic rings. The molecule has 0 bridgehead atoms. The highest BCUT2D eigenvalue weighted by Crippen LogP contribution is 2.29. The van der Waals surface area contributed by atoms with Gasteiger partial charge in [-0.2, -0.15) is 16.0 Å². The molecular weight excluding hydrogens is 370 g/mol. The van der Waals surface area contributed by atoms with Crippen molar-refractivity contribution in [3.05, 3.63) is 57.2 Å². The van der Waals surface area contributed by atoms with E-state index in [-0.39, 0.29) is 0 Å². The Balaban J connectivity index is 1.53. The van der Waals surface area contributed by atoms with Crippen LogP contribution in [0.5, 0.6) is 0 Å². The molecule has 5 nitrogen and oxygen atoms in total. The summed E-state index contributed by atoms with van der Waals surface area (Å²) in [5.74, 6) is 0.742. The zero-order valence-corrected chi connectivity index (χ0v) is 16.2. The first-order chi connectivity index (χ1) is 12.2. The van der Waals surface area contributed by atoms with Crippen LogP contribution >= 0.6 is 34.4 Å². The van der Waals surface area contributed by atoms with Crippen LogP contribution in [-0.2, 0) is 5.75 Å². The van der Waals surface area contributed by atoms with Crippen molar-refractivity contribution in [3.63, 3.8) is 0 Å². The Hall–Kier alpha value is -2.03. The van der Waals surface area contributed by atoms with Gasteiger partial charge in [-0.25, -0.2) is 4.98 Å². The molecule has 0 aliphatic heterocycles. The first-order valence-corrected chi connectivity index (χ1v) is 10.5. The van der Waals surface area contributed by atoms with Gasteiger partial charge in [-0.15, -0.1) is 16.4 Å². The van der Waals surface area contributed by atoms with Gasteiger partial charge in [-0.05, 0) is 52.9 Å². The van der Waals surface area contributed by atoms with Crippen LogP contribution in [-0.4, -0.2) is 25.2 Å². The van der Waals surface area contributed by atoms with E-state index in [4.69, 9.17) is 4.98 Å². The van der Waals surface area contributed by atoms with Crippen molar-refractivity contribution < 1.29 is 0 Å². The van der Waals surface area contributed by atoms with Crippen molar-refractivity contribution in [2.24, 2.45) is 0 Å². The molecular formula is C17H15N5S3. The number of benzene rings is 1. The minimum Gasteiger partial charge on any atom is -0.240 e. The van der Waals surface area contributed by atoms with Crippen molar-refractivity contribution in [2.45, 2.75) is 24.8 Å². The summed E-state index contributed by atoms with van der Waals surface area (Å²) in [5, 5.41) is 20.3. The third-order valence-corrected chi connectivity index (χ3v) is 6.49. The average Bonchev–Trinajstić information content (AvgIpc) is 3.36. The molecule has 0 atom stereocenters. The van der Waals surface area contributed by atoms with E-state index in [0.717, 1.165) is 27.3 Å². The Morgan fingerprint density at radius 2 is 2.08 bits per heavy atom. The minimum atomic E-state index is 0.742. The molecule has 126 valence electrons. The number of rotatable bonds is 5. The van der Waals surface area contributed by atoms with Gasteiger partial charge in [0.1, 0.15) is 5.01 Å². The lowest BCUT2D eigenvalue weighted by atomic mass is 10.1. The molecule has 0 saturated carbocycles. The quantitative estimate of drug-likeness (QED) is 0.464. The van der Waals surface area contributed by atoms with Gasteiger partial charge in [0.15, 0.2) is 0 Å². The lowest BCUT2D eigenvalue weighted by Gasteiger charge is -2.09. The molecule has 1 aromatic carbocycles.